The molecule has 0 spiro atoms. The highest BCUT2D eigenvalue weighted by atomic mass is 19.3. The Labute approximate surface area is 117 Å². The molecule has 1 saturated carbocycles. The van der Waals surface area contributed by atoms with Gasteiger partial charge in [-0.2, -0.15) is 0 Å². The number of esters is 1. The number of rotatable bonds is 3. The van der Waals surface area contributed by atoms with Gasteiger partial charge in [-0.15, -0.1) is 0 Å². The number of ether oxygens (including phenoxy) is 2. The largest absolute Gasteiger partial charge is 0.461 e. The summed E-state index contributed by atoms with van der Waals surface area (Å²) in [7, 11) is 0. The molecule has 0 saturated heterocycles. The van der Waals surface area contributed by atoms with Crippen LogP contribution in [0, 0.1) is 0 Å². The van der Waals surface area contributed by atoms with E-state index in [2.05, 4.69) is 5.32 Å². The van der Waals surface area contributed by atoms with Crippen molar-refractivity contribution in [2.75, 3.05) is 0 Å². The number of carbonyl (C=O) groups is 2. The molecule has 1 fully saturated rings. The van der Waals surface area contributed by atoms with Crippen LogP contribution < -0.4 is 5.32 Å². The first-order chi connectivity index (χ1) is 8.85. The quantitative estimate of drug-likeness (QED) is 0.812. The maximum atomic E-state index is 13.1. The average Bonchev–Trinajstić information content (AvgIpc) is 2.08. The standard InChI is InChI=1S/C13H21F2NO4/c1-8(2)19-9(17)12(6-13(14,15)7-12)16-10(18)20-11(3,4)5/h8H,6-7H2,1-5H3,(H,16,18). The number of alkyl carbamates (subject to hydrolysis) is 1. The molecule has 0 aromatic heterocycles. The van der Waals surface area contributed by atoms with Gasteiger partial charge in [0.1, 0.15) is 5.60 Å². The third-order valence-electron chi connectivity index (χ3n) is 2.59. The SMILES string of the molecule is CC(C)OC(=O)C1(NC(=O)OC(C)(C)C)CC(F)(F)C1. The van der Waals surface area contributed by atoms with Gasteiger partial charge in [0.25, 0.3) is 5.92 Å². The van der Waals surface area contributed by atoms with E-state index in [4.69, 9.17) is 9.47 Å². The first-order valence-corrected chi connectivity index (χ1v) is 6.45. The zero-order valence-electron chi connectivity index (χ0n) is 12.4. The summed E-state index contributed by atoms with van der Waals surface area (Å²) in [4.78, 5) is 23.6. The molecule has 116 valence electrons. The van der Waals surface area contributed by atoms with E-state index in [0.29, 0.717) is 0 Å². The summed E-state index contributed by atoms with van der Waals surface area (Å²) < 4.78 is 36.2. The topological polar surface area (TPSA) is 64.6 Å². The lowest BCUT2D eigenvalue weighted by Gasteiger charge is -2.45. The second-order valence-corrected chi connectivity index (χ2v) is 6.37. The van der Waals surface area contributed by atoms with Crippen LogP contribution in [0.2, 0.25) is 0 Å². The van der Waals surface area contributed by atoms with Crippen LogP contribution in [0.1, 0.15) is 47.5 Å². The van der Waals surface area contributed by atoms with E-state index in [1.807, 2.05) is 0 Å². The summed E-state index contributed by atoms with van der Waals surface area (Å²) in [5, 5.41) is 2.23. The van der Waals surface area contributed by atoms with Crippen LogP contribution in [0.25, 0.3) is 0 Å². The molecule has 20 heavy (non-hydrogen) atoms. The Morgan fingerprint density at radius 2 is 1.70 bits per heavy atom. The Kier molecular flexibility index (Phi) is 4.31. The number of halogens is 2. The molecule has 0 atom stereocenters. The van der Waals surface area contributed by atoms with Crippen molar-refractivity contribution in [2.24, 2.45) is 0 Å². The Morgan fingerprint density at radius 1 is 1.20 bits per heavy atom. The maximum absolute atomic E-state index is 13.1. The van der Waals surface area contributed by atoms with Crippen LogP contribution in [0.15, 0.2) is 0 Å². The molecule has 5 nitrogen and oxygen atoms in total. The van der Waals surface area contributed by atoms with E-state index >= 15 is 0 Å². The van der Waals surface area contributed by atoms with E-state index in [-0.39, 0.29) is 0 Å². The summed E-state index contributed by atoms with van der Waals surface area (Å²) >= 11 is 0. The van der Waals surface area contributed by atoms with Gasteiger partial charge in [-0.25, -0.2) is 18.4 Å². The van der Waals surface area contributed by atoms with Gasteiger partial charge in [-0.05, 0) is 34.6 Å². The molecule has 0 unspecified atom stereocenters. The second-order valence-electron chi connectivity index (χ2n) is 6.37. The fourth-order valence-electron chi connectivity index (χ4n) is 1.94. The van der Waals surface area contributed by atoms with Gasteiger partial charge < -0.3 is 14.8 Å². The Bertz CT molecular complexity index is 394. The molecule has 1 N–H and O–H groups in total. The van der Waals surface area contributed by atoms with Gasteiger partial charge >= 0.3 is 12.1 Å². The number of hydrogen-bond acceptors (Lipinski definition) is 4. The predicted molar refractivity (Wildman–Crippen MR) is 67.5 cm³/mol. The number of hydrogen-bond donors (Lipinski definition) is 1. The van der Waals surface area contributed by atoms with Gasteiger partial charge in [0.2, 0.25) is 0 Å². The highest BCUT2D eigenvalue weighted by Gasteiger charge is 2.63. The molecule has 0 heterocycles. The number of carbonyl (C=O) groups excluding carboxylic acids is 2. The lowest BCUT2D eigenvalue weighted by molar-refractivity contribution is -0.185. The lowest BCUT2D eigenvalue weighted by Crippen LogP contribution is -2.67. The summed E-state index contributed by atoms with van der Waals surface area (Å²) in [5.41, 5.74) is -2.48. The molecular weight excluding hydrogens is 272 g/mol. The zero-order chi connectivity index (χ0) is 15.8. The van der Waals surface area contributed by atoms with Crippen LogP contribution in [0.3, 0.4) is 0 Å². The smallest absolute Gasteiger partial charge is 0.408 e. The minimum atomic E-state index is -2.98. The lowest BCUT2D eigenvalue weighted by atomic mass is 9.73. The summed E-state index contributed by atoms with van der Waals surface area (Å²) in [6.07, 6.45) is -2.90. The van der Waals surface area contributed by atoms with Gasteiger partial charge in [0, 0.05) is 12.8 Å². The minimum Gasteiger partial charge on any atom is -0.461 e. The molecule has 0 radical (unpaired) electrons. The first-order valence-electron chi connectivity index (χ1n) is 6.45. The monoisotopic (exact) mass is 293 g/mol. The number of nitrogens with one attached hydrogen (secondary N) is 1. The molecular formula is C13H21F2NO4. The summed E-state index contributed by atoms with van der Waals surface area (Å²) in [6, 6.07) is 0. The number of amides is 1. The molecule has 1 aliphatic carbocycles. The molecule has 0 bridgehead atoms. The van der Waals surface area contributed by atoms with Gasteiger partial charge in [-0.1, -0.05) is 0 Å². The Balaban J connectivity index is 2.76. The third kappa shape index (κ3) is 4.31. The maximum Gasteiger partial charge on any atom is 0.408 e. The first kappa shape index (κ1) is 16.7. The average molecular weight is 293 g/mol. The van der Waals surface area contributed by atoms with Crippen LogP contribution in [-0.2, 0) is 14.3 Å². The molecule has 7 heteroatoms. The van der Waals surface area contributed by atoms with Crippen molar-refractivity contribution in [1.29, 1.82) is 0 Å². The van der Waals surface area contributed by atoms with Crippen molar-refractivity contribution in [3.8, 4) is 0 Å². The van der Waals surface area contributed by atoms with Crippen LogP contribution >= 0.6 is 0 Å². The molecule has 1 aliphatic rings. The molecule has 1 amide bonds. The van der Waals surface area contributed by atoms with Crippen molar-refractivity contribution in [1.82, 2.24) is 5.32 Å². The van der Waals surface area contributed by atoms with E-state index in [0.717, 1.165) is 0 Å². The molecule has 0 aromatic rings. The van der Waals surface area contributed by atoms with Crippen LogP contribution in [0.5, 0.6) is 0 Å². The molecule has 0 aliphatic heterocycles. The van der Waals surface area contributed by atoms with Crippen molar-refractivity contribution in [2.45, 2.75) is 70.6 Å². The normalized spacial score (nSPS) is 20.0. The molecule has 1 rings (SSSR count). The Morgan fingerprint density at radius 3 is 2.05 bits per heavy atom. The number of alkyl halides is 2. The van der Waals surface area contributed by atoms with Crippen LogP contribution in [0.4, 0.5) is 13.6 Å². The predicted octanol–water partition coefficient (Wildman–Crippen LogP) is 2.63. The van der Waals surface area contributed by atoms with Gasteiger partial charge in [0.15, 0.2) is 5.54 Å². The zero-order valence-corrected chi connectivity index (χ0v) is 12.4. The van der Waals surface area contributed by atoms with Crippen LogP contribution in [-0.4, -0.2) is 35.2 Å². The summed E-state index contributed by atoms with van der Waals surface area (Å²) in [6.45, 7) is 8.13. The van der Waals surface area contributed by atoms with E-state index in [9.17, 15) is 18.4 Å². The highest BCUT2D eigenvalue weighted by molar-refractivity contribution is 5.87. The van der Waals surface area contributed by atoms with Gasteiger partial charge in [0.05, 0.1) is 6.10 Å². The van der Waals surface area contributed by atoms with Gasteiger partial charge in [-0.3, -0.25) is 0 Å². The van der Waals surface area contributed by atoms with E-state index < -0.39 is 48.1 Å². The van der Waals surface area contributed by atoms with Crippen molar-refractivity contribution < 1.29 is 27.8 Å². The second kappa shape index (κ2) is 5.18. The Hall–Kier alpha value is -1.40. The third-order valence-corrected chi connectivity index (χ3v) is 2.59. The van der Waals surface area contributed by atoms with Crippen molar-refractivity contribution >= 4 is 12.1 Å². The fourth-order valence-corrected chi connectivity index (χ4v) is 1.94. The highest BCUT2D eigenvalue weighted by Crippen LogP contribution is 2.46. The molecule has 0 aromatic carbocycles. The summed E-state index contributed by atoms with van der Waals surface area (Å²) in [5.74, 6) is -3.84. The fraction of sp³-hybridized carbons (Fsp3) is 0.846. The van der Waals surface area contributed by atoms with E-state index in [1.165, 1.54) is 0 Å². The minimum absolute atomic E-state index is 0.450. The van der Waals surface area contributed by atoms with Crippen molar-refractivity contribution in [3.05, 3.63) is 0 Å². The van der Waals surface area contributed by atoms with Crippen molar-refractivity contribution in [3.63, 3.8) is 0 Å². The van der Waals surface area contributed by atoms with E-state index in [1.54, 1.807) is 34.6 Å².